The molecule has 1 fully saturated rings. The monoisotopic (exact) mass is 411 g/mol. The zero-order valence-corrected chi connectivity index (χ0v) is 17.0. The van der Waals surface area contributed by atoms with Crippen molar-refractivity contribution < 1.29 is 13.9 Å². The van der Waals surface area contributed by atoms with E-state index < -0.39 is 0 Å². The number of hydrogen-bond acceptors (Lipinski definition) is 5. The first-order valence-corrected chi connectivity index (χ1v) is 10.6. The minimum atomic E-state index is -0.300. The highest BCUT2D eigenvalue weighted by molar-refractivity contribution is 7.14. The van der Waals surface area contributed by atoms with Gasteiger partial charge in [0.25, 0.3) is 5.91 Å². The Morgan fingerprint density at radius 2 is 2.00 bits per heavy atom. The van der Waals surface area contributed by atoms with Gasteiger partial charge < -0.3 is 9.64 Å². The lowest BCUT2D eigenvalue weighted by molar-refractivity contribution is 0.0707. The maximum atomic E-state index is 14.0. The molecule has 1 saturated heterocycles. The van der Waals surface area contributed by atoms with Gasteiger partial charge in [0.05, 0.1) is 6.61 Å². The van der Waals surface area contributed by atoms with Gasteiger partial charge in [-0.15, -0.1) is 10.2 Å². The molecule has 1 aromatic heterocycles. The lowest BCUT2D eigenvalue weighted by Crippen LogP contribution is -2.39. The smallest absolute Gasteiger partial charge is 0.253 e. The van der Waals surface area contributed by atoms with Gasteiger partial charge in [0, 0.05) is 30.1 Å². The number of aromatic nitrogens is 2. The van der Waals surface area contributed by atoms with Crippen molar-refractivity contribution in [1.82, 2.24) is 15.1 Å². The van der Waals surface area contributed by atoms with Crippen LogP contribution < -0.4 is 4.74 Å². The van der Waals surface area contributed by atoms with Crippen molar-refractivity contribution >= 4 is 17.2 Å². The van der Waals surface area contributed by atoms with Crippen LogP contribution in [0.1, 0.15) is 41.0 Å². The summed E-state index contributed by atoms with van der Waals surface area (Å²) in [5.74, 6) is 0.589. The summed E-state index contributed by atoms with van der Waals surface area (Å²) in [4.78, 5) is 14.8. The molecule has 1 atom stereocenters. The molecule has 1 aliphatic heterocycles. The van der Waals surface area contributed by atoms with Gasteiger partial charge >= 0.3 is 0 Å². The summed E-state index contributed by atoms with van der Waals surface area (Å²) in [5, 5.41) is 9.92. The first-order chi connectivity index (χ1) is 14.2. The number of hydrogen-bond donors (Lipinski definition) is 0. The van der Waals surface area contributed by atoms with Crippen LogP contribution in [0.25, 0.3) is 10.6 Å². The van der Waals surface area contributed by atoms with Gasteiger partial charge in [0.2, 0.25) is 0 Å². The van der Waals surface area contributed by atoms with E-state index in [0.29, 0.717) is 29.3 Å². The second kappa shape index (κ2) is 8.69. The van der Waals surface area contributed by atoms with E-state index in [1.54, 1.807) is 30.3 Å². The molecule has 0 saturated carbocycles. The van der Waals surface area contributed by atoms with Crippen LogP contribution in [0, 0.1) is 5.82 Å². The molecular formula is C22H22FN3O2S. The summed E-state index contributed by atoms with van der Waals surface area (Å²) in [7, 11) is 0. The molecule has 0 aliphatic carbocycles. The number of carbonyl (C=O) groups excluding carboxylic acids is 1. The predicted octanol–water partition coefficient (Wildman–Crippen LogP) is 4.76. The zero-order valence-electron chi connectivity index (χ0n) is 16.2. The minimum Gasteiger partial charge on any atom is -0.494 e. The van der Waals surface area contributed by atoms with E-state index in [9.17, 15) is 9.18 Å². The fourth-order valence-corrected chi connectivity index (χ4v) is 4.55. The number of piperidine rings is 1. The molecule has 0 radical (unpaired) electrons. The number of rotatable bonds is 5. The first kappa shape index (κ1) is 19.5. The van der Waals surface area contributed by atoms with Crippen molar-refractivity contribution in [3.8, 4) is 16.3 Å². The van der Waals surface area contributed by atoms with Crippen LogP contribution in [0.3, 0.4) is 0 Å². The molecule has 2 heterocycles. The standard InChI is InChI=1S/C22H22FN3O2S/c1-2-28-17-11-9-15(10-12-17)22(27)26-13-5-6-16(14-26)20-24-25-21(29-20)18-7-3-4-8-19(18)23/h3-4,7-12,16H,2,5-6,13-14H2,1H3. The van der Waals surface area contributed by atoms with E-state index in [1.165, 1.54) is 17.4 Å². The Balaban J connectivity index is 1.47. The third-order valence-electron chi connectivity index (χ3n) is 5.02. The van der Waals surface area contributed by atoms with Crippen LogP contribution >= 0.6 is 11.3 Å². The van der Waals surface area contributed by atoms with Crippen LogP contribution in [0.4, 0.5) is 4.39 Å². The number of amides is 1. The van der Waals surface area contributed by atoms with Gasteiger partial charge in [0.1, 0.15) is 16.6 Å². The number of nitrogens with zero attached hydrogens (tertiary/aromatic N) is 3. The molecule has 7 heteroatoms. The van der Waals surface area contributed by atoms with Gasteiger partial charge in [-0.25, -0.2) is 4.39 Å². The Labute approximate surface area is 173 Å². The molecule has 1 amide bonds. The molecule has 2 aromatic carbocycles. The van der Waals surface area contributed by atoms with Crippen molar-refractivity contribution in [1.29, 1.82) is 0 Å². The Kier molecular flexibility index (Phi) is 5.85. The quantitative estimate of drug-likeness (QED) is 0.607. The average Bonchev–Trinajstić information content (AvgIpc) is 3.24. The molecule has 0 N–H and O–H groups in total. The van der Waals surface area contributed by atoms with Crippen molar-refractivity contribution in [2.45, 2.75) is 25.7 Å². The highest BCUT2D eigenvalue weighted by Gasteiger charge is 2.28. The van der Waals surface area contributed by atoms with Crippen LogP contribution in [0.5, 0.6) is 5.75 Å². The Morgan fingerprint density at radius 3 is 2.76 bits per heavy atom. The molecule has 150 valence electrons. The highest BCUT2D eigenvalue weighted by atomic mass is 32.1. The summed E-state index contributed by atoms with van der Waals surface area (Å²) in [6.07, 6.45) is 1.85. The molecule has 1 unspecified atom stereocenters. The summed E-state index contributed by atoms with van der Waals surface area (Å²) >= 11 is 1.41. The van der Waals surface area contributed by atoms with Crippen molar-refractivity contribution in [2.75, 3.05) is 19.7 Å². The van der Waals surface area contributed by atoms with Gasteiger partial charge in [0.15, 0.2) is 5.01 Å². The van der Waals surface area contributed by atoms with Gasteiger partial charge in [-0.1, -0.05) is 23.5 Å². The topological polar surface area (TPSA) is 55.3 Å². The number of benzene rings is 2. The van der Waals surface area contributed by atoms with Gasteiger partial charge in [-0.2, -0.15) is 0 Å². The number of halogens is 1. The molecular weight excluding hydrogens is 389 g/mol. The van der Waals surface area contributed by atoms with E-state index >= 15 is 0 Å². The van der Waals surface area contributed by atoms with Crippen LogP contribution in [-0.4, -0.2) is 40.7 Å². The van der Waals surface area contributed by atoms with Crippen LogP contribution in [-0.2, 0) is 0 Å². The Bertz CT molecular complexity index is 990. The first-order valence-electron chi connectivity index (χ1n) is 9.76. The predicted molar refractivity (Wildman–Crippen MR) is 111 cm³/mol. The molecule has 5 nitrogen and oxygen atoms in total. The number of carbonyl (C=O) groups is 1. The van der Waals surface area contributed by atoms with Crippen molar-refractivity contribution in [2.24, 2.45) is 0 Å². The molecule has 0 spiro atoms. The molecule has 29 heavy (non-hydrogen) atoms. The van der Waals surface area contributed by atoms with Gasteiger partial charge in [-0.3, -0.25) is 4.79 Å². The van der Waals surface area contributed by atoms with Crippen molar-refractivity contribution in [3.63, 3.8) is 0 Å². The summed E-state index contributed by atoms with van der Waals surface area (Å²) in [6.45, 7) is 3.84. The zero-order chi connectivity index (χ0) is 20.2. The largest absolute Gasteiger partial charge is 0.494 e. The van der Waals surface area contributed by atoms with E-state index in [1.807, 2.05) is 24.0 Å². The average molecular weight is 412 g/mol. The van der Waals surface area contributed by atoms with Crippen LogP contribution in [0.15, 0.2) is 48.5 Å². The van der Waals surface area contributed by atoms with E-state index in [-0.39, 0.29) is 17.6 Å². The SMILES string of the molecule is CCOc1ccc(C(=O)N2CCCC(c3nnc(-c4ccccc4F)s3)C2)cc1. The van der Waals surface area contributed by atoms with E-state index in [0.717, 1.165) is 30.1 Å². The van der Waals surface area contributed by atoms with Crippen molar-refractivity contribution in [3.05, 3.63) is 64.9 Å². The second-order valence-electron chi connectivity index (χ2n) is 6.97. The molecule has 1 aliphatic rings. The fraction of sp³-hybridized carbons (Fsp3) is 0.318. The molecule has 4 rings (SSSR count). The summed E-state index contributed by atoms with van der Waals surface area (Å²) in [5.41, 5.74) is 1.12. The Hall–Kier alpha value is -2.80. The summed E-state index contributed by atoms with van der Waals surface area (Å²) in [6, 6.07) is 13.8. The third-order valence-corrected chi connectivity index (χ3v) is 6.13. The van der Waals surface area contributed by atoms with Gasteiger partial charge in [-0.05, 0) is 56.2 Å². The molecule has 3 aromatic rings. The van der Waals surface area contributed by atoms with E-state index in [4.69, 9.17) is 4.74 Å². The Morgan fingerprint density at radius 1 is 1.21 bits per heavy atom. The lowest BCUT2D eigenvalue weighted by atomic mass is 9.98. The number of likely N-dealkylation sites (tertiary alicyclic amines) is 1. The van der Waals surface area contributed by atoms with E-state index in [2.05, 4.69) is 10.2 Å². The summed E-state index contributed by atoms with van der Waals surface area (Å²) < 4.78 is 19.5. The maximum Gasteiger partial charge on any atom is 0.253 e. The minimum absolute atomic E-state index is 0.0107. The highest BCUT2D eigenvalue weighted by Crippen LogP contribution is 2.34. The second-order valence-corrected chi connectivity index (χ2v) is 7.98. The third kappa shape index (κ3) is 4.29. The fourth-order valence-electron chi connectivity index (χ4n) is 3.55. The van der Waals surface area contributed by atoms with Crippen LogP contribution in [0.2, 0.25) is 0 Å². The maximum absolute atomic E-state index is 14.0. The normalized spacial score (nSPS) is 16.6. The lowest BCUT2D eigenvalue weighted by Gasteiger charge is -2.31. The number of ether oxygens (including phenoxy) is 1. The molecule has 0 bridgehead atoms.